The Hall–Kier alpha value is -7.16. The average Bonchev–Trinajstić information content (AvgIpc) is 3.67. The highest BCUT2D eigenvalue weighted by molar-refractivity contribution is 6.28. The monoisotopic (exact) mass is 689 g/mol. The van der Waals surface area contributed by atoms with Crippen molar-refractivity contribution >= 4 is 49.6 Å². The fourth-order valence-electron chi connectivity index (χ4n) is 7.91. The summed E-state index contributed by atoms with van der Waals surface area (Å²) in [5.74, 6) is 0.860. The Kier molecular flexibility index (Phi) is 7.85. The normalized spacial score (nSPS) is 11.3. The molecule has 0 fully saturated rings. The van der Waals surface area contributed by atoms with Crippen molar-refractivity contribution in [2.75, 3.05) is 4.90 Å². The van der Waals surface area contributed by atoms with Crippen molar-refractivity contribution in [1.82, 2.24) is 0 Å². The van der Waals surface area contributed by atoms with E-state index in [0.29, 0.717) is 0 Å². The maximum atomic E-state index is 7.12. The van der Waals surface area contributed by atoms with E-state index in [0.717, 1.165) is 55.9 Å². The predicted molar refractivity (Wildman–Crippen MR) is 228 cm³/mol. The number of nitrogens with zero attached hydrogens (tertiary/aromatic N) is 1. The van der Waals surface area contributed by atoms with Crippen LogP contribution in [-0.2, 0) is 0 Å². The summed E-state index contributed by atoms with van der Waals surface area (Å²) in [6.45, 7) is 0. The predicted octanol–water partition coefficient (Wildman–Crippen LogP) is 14.9. The topological polar surface area (TPSA) is 16.4 Å². The van der Waals surface area contributed by atoms with Gasteiger partial charge in [-0.05, 0) is 80.4 Å². The van der Waals surface area contributed by atoms with Gasteiger partial charge in [0.2, 0.25) is 0 Å². The van der Waals surface area contributed by atoms with Gasteiger partial charge in [-0.3, -0.25) is 0 Å². The van der Waals surface area contributed by atoms with Crippen LogP contribution in [0.25, 0.3) is 77.2 Å². The minimum atomic E-state index is 0.860. The number of furan rings is 1. The first-order valence-corrected chi connectivity index (χ1v) is 18.4. The van der Waals surface area contributed by atoms with Crippen molar-refractivity contribution in [3.8, 4) is 44.7 Å². The van der Waals surface area contributed by atoms with Crippen LogP contribution in [0.2, 0.25) is 0 Å². The molecule has 0 radical (unpaired) electrons. The van der Waals surface area contributed by atoms with Crippen molar-refractivity contribution in [2.45, 2.75) is 0 Å². The third-order valence-electron chi connectivity index (χ3n) is 10.5. The summed E-state index contributed by atoms with van der Waals surface area (Å²) in [6.07, 6.45) is 0. The Morgan fingerprint density at radius 3 is 1.28 bits per heavy atom. The van der Waals surface area contributed by atoms with Gasteiger partial charge < -0.3 is 9.32 Å². The van der Waals surface area contributed by atoms with Gasteiger partial charge in [0.25, 0.3) is 0 Å². The van der Waals surface area contributed by atoms with Gasteiger partial charge in [-0.1, -0.05) is 176 Å². The van der Waals surface area contributed by atoms with Crippen LogP contribution in [0.3, 0.4) is 0 Å². The van der Waals surface area contributed by atoms with Crippen molar-refractivity contribution in [3.05, 3.63) is 212 Å². The van der Waals surface area contributed by atoms with E-state index in [1.54, 1.807) is 0 Å². The molecule has 9 aromatic carbocycles. The molecule has 254 valence electrons. The van der Waals surface area contributed by atoms with Crippen LogP contribution in [0.15, 0.2) is 217 Å². The lowest BCUT2D eigenvalue weighted by Gasteiger charge is -2.26. The molecule has 0 unspecified atom stereocenters. The third-order valence-corrected chi connectivity index (χ3v) is 10.5. The molecule has 0 aliphatic carbocycles. The summed E-state index contributed by atoms with van der Waals surface area (Å²) in [5, 5.41) is 5.86. The summed E-state index contributed by atoms with van der Waals surface area (Å²) in [4.78, 5) is 2.34. The van der Waals surface area contributed by atoms with E-state index in [9.17, 15) is 0 Å². The van der Waals surface area contributed by atoms with Gasteiger partial charge in [-0.2, -0.15) is 0 Å². The summed E-state index contributed by atoms with van der Waals surface area (Å²) >= 11 is 0. The molecule has 0 amide bonds. The first-order chi connectivity index (χ1) is 26.8. The molecule has 2 nitrogen and oxygen atoms in total. The lowest BCUT2D eigenvalue weighted by molar-refractivity contribution is 0.636. The first kappa shape index (κ1) is 31.6. The molecule has 0 bridgehead atoms. The Morgan fingerprint density at radius 1 is 0.296 bits per heavy atom. The summed E-state index contributed by atoms with van der Waals surface area (Å²) < 4.78 is 7.12. The van der Waals surface area contributed by atoms with E-state index in [4.69, 9.17) is 4.42 Å². The second-order valence-corrected chi connectivity index (χ2v) is 13.7. The van der Waals surface area contributed by atoms with Crippen molar-refractivity contribution in [2.24, 2.45) is 0 Å². The molecule has 0 saturated heterocycles. The number of fused-ring (bicyclic) bond motifs is 6. The lowest BCUT2D eigenvalue weighted by Crippen LogP contribution is -2.10. The summed E-state index contributed by atoms with van der Waals surface area (Å²) in [5.41, 5.74) is 12.1. The summed E-state index contributed by atoms with van der Waals surface area (Å²) in [6, 6.07) is 75.5. The molecule has 10 aromatic rings. The van der Waals surface area contributed by atoms with Crippen LogP contribution >= 0.6 is 0 Å². The zero-order valence-corrected chi connectivity index (χ0v) is 29.6. The van der Waals surface area contributed by atoms with Gasteiger partial charge >= 0.3 is 0 Å². The molecule has 0 N–H and O–H groups in total. The Morgan fingerprint density at radius 2 is 0.722 bits per heavy atom. The molecule has 1 heterocycles. The number of hydrogen-bond acceptors (Lipinski definition) is 2. The maximum Gasteiger partial charge on any atom is 0.143 e. The van der Waals surface area contributed by atoms with E-state index in [-0.39, 0.29) is 0 Å². The van der Waals surface area contributed by atoms with Crippen LogP contribution in [0.5, 0.6) is 0 Å². The van der Waals surface area contributed by atoms with Crippen molar-refractivity contribution in [3.63, 3.8) is 0 Å². The van der Waals surface area contributed by atoms with Crippen molar-refractivity contribution in [1.29, 1.82) is 0 Å². The Bertz CT molecular complexity index is 2810. The summed E-state index contributed by atoms with van der Waals surface area (Å²) in [7, 11) is 0. The van der Waals surface area contributed by atoms with Gasteiger partial charge in [0.1, 0.15) is 11.3 Å². The highest BCUT2D eigenvalue weighted by Gasteiger charge is 2.23. The molecule has 0 aliphatic rings. The fourth-order valence-corrected chi connectivity index (χ4v) is 7.91. The molecular formula is C52H35NO. The van der Waals surface area contributed by atoms with Crippen LogP contribution in [-0.4, -0.2) is 0 Å². The Labute approximate surface area is 314 Å². The van der Waals surface area contributed by atoms with E-state index < -0.39 is 0 Å². The van der Waals surface area contributed by atoms with Crippen molar-refractivity contribution < 1.29 is 4.42 Å². The number of rotatable bonds is 7. The first-order valence-electron chi connectivity index (χ1n) is 18.4. The molecule has 0 spiro atoms. The zero-order valence-electron chi connectivity index (χ0n) is 29.6. The molecule has 10 rings (SSSR count). The Balaban J connectivity index is 1.17. The van der Waals surface area contributed by atoms with E-state index in [1.165, 1.54) is 38.4 Å². The van der Waals surface area contributed by atoms with Gasteiger partial charge in [0.05, 0.1) is 0 Å². The molecular weight excluding hydrogens is 655 g/mol. The molecule has 0 aliphatic heterocycles. The smallest absolute Gasteiger partial charge is 0.143 e. The van der Waals surface area contributed by atoms with E-state index >= 15 is 0 Å². The third kappa shape index (κ3) is 5.53. The number of benzene rings is 9. The molecule has 0 saturated carbocycles. The zero-order chi connectivity index (χ0) is 35.8. The van der Waals surface area contributed by atoms with Crippen LogP contribution in [0, 0.1) is 0 Å². The highest BCUT2D eigenvalue weighted by atomic mass is 16.3. The quantitative estimate of drug-likeness (QED) is 0.155. The molecule has 1 aromatic heterocycles. The van der Waals surface area contributed by atoms with Gasteiger partial charge in [-0.15, -0.1) is 0 Å². The van der Waals surface area contributed by atoms with Gasteiger partial charge in [0.15, 0.2) is 0 Å². The average molecular weight is 690 g/mol. The minimum Gasteiger partial charge on any atom is -0.455 e. The number of anilines is 3. The highest BCUT2D eigenvalue weighted by Crippen LogP contribution is 2.48. The second-order valence-electron chi connectivity index (χ2n) is 13.7. The van der Waals surface area contributed by atoms with Crippen LogP contribution in [0.4, 0.5) is 17.1 Å². The van der Waals surface area contributed by atoms with Gasteiger partial charge in [0, 0.05) is 39.0 Å². The standard InChI is InChI=1S/C52H35NO/c1-4-15-36(16-5-1)38-27-31-42(32-28-38)53(43-33-29-39(30-34-43)37-17-6-2-7-18-37)44-22-14-21-41(35-44)51-49(40-19-8-3-9-20-40)50-47-25-12-10-23-45(47)46-24-11-13-26-48(46)52(50)54-51/h1-35H. The SMILES string of the molecule is c1ccc(-c2ccc(N(c3ccc(-c4ccccc4)cc3)c3cccc(-c4oc5c6ccccc6c6ccccc6c5c4-c4ccccc4)c3)cc2)cc1. The molecule has 0 atom stereocenters. The van der Waals surface area contributed by atoms with E-state index in [2.05, 4.69) is 217 Å². The lowest BCUT2D eigenvalue weighted by atomic mass is 9.92. The van der Waals surface area contributed by atoms with Crippen LogP contribution < -0.4 is 4.90 Å². The van der Waals surface area contributed by atoms with Gasteiger partial charge in [-0.25, -0.2) is 0 Å². The minimum absolute atomic E-state index is 0.860. The van der Waals surface area contributed by atoms with Crippen LogP contribution in [0.1, 0.15) is 0 Å². The fraction of sp³-hybridized carbons (Fsp3) is 0. The van der Waals surface area contributed by atoms with E-state index in [1.807, 2.05) is 0 Å². The number of hydrogen-bond donors (Lipinski definition) is 0. The molecule has 54 heavy (non-hydrogen) atoms. The molecule has 2 heteroatoms. The second kappa shape index (κ2) is 13.4. The largest absolute Gasteiger partial charge is 0.455 e. The maximum absolute atomic E-state index is 7.12.